The third kappa shape index (κ3) is 5.18. The van der Waals surface area contributed by atoms with Gasteiger partial charge < -0.3 is 10.0 Å². The molecule has 2 N–H and O–H groups in total. The first-order valence-corrected chi connectivity index (χ1v) is 4.08. The summed E-state index contributed by atoms with van der Waals surface area (Å²) in [6.07, 6.45) is 0.657. The van der Waals surface area contributed by atoms with Crippen LogP contribution in [-0.2, 0) is 0 Å². The molecule has 0 aliphatic heterocycles. The van der Waals surface area contributed by atoms with Crippen molar-refractivity contribution in [1.82, 2.24) is 10.2 Å². The van der Waals surface area contributed by atoms with Gasteiger partial charge in [0.2, 0.25) is 0 Å². The Kier molecular flexibility index (Phi) is 5.46. The molecule has 3 heteroatoms. The number of aliphatic hydroxyl groups is 1. The van der Waals surface area contributed by atoms with Gasteiger partial charge >= 0.3 is 0 Å². The summed E-state index contributed by atoms with van der Waals surface area (Å²) in [5.41, 5.74) is 0. The molecule has 0 amide bonds. The molecule has 0 saturated carbocycles. The molecule has 0 rings (SSSR count). The molecule has 0 radical (unpaired) electrons. The number of nitrogens with zero attached hydrogens (tertiary/aromatic N) is 1. The van der Waals surface area contributed by atoms with Crippen molar-refractivity contribution in [2.24, 2.45) is 5.92 Å². The average Bonchev–Trinajstić information content (AvgIpc) is 1.98. The van der Waals surface area contributed by atoms with Gasteiger partial charge in [-0.2, -0.15) is 0 Å². The summed E-state index contributed by atoms with van der Waals surface area (Å²) < 4.78 is 0. The van der Waals surface area contributed by atoms with Gasteiger partial charge in [-0.15, -0.1) is 0 Å². The topological polar surface area (TPSA) is 35.5 Å². The SMILES string of the molecule is CNC(O)C(C)CCN(C)C. The summed E-state index contributed by atoms with van der Waals surface area (Å²) in [5.74, 6) is 0.322. The van der Waals surface area contributed by atoms with Gasteiger partial charge in [-0.05, 0) is 40.0 Å². The van der Waals surface area contributed by atoms with Crippen LogP contribution in [0.4, 0.5) is 0 Å². The maximum absolute atomic E-state index is 9.31. The molecule has 0 bridgehead atoms. The molecule has 68 valence electrons. The van der Waals surface area contributed by atoms with Crippen LogP contribution in [0.3, 0.4) is 0 Å². The summed E-state index contributed by atoms with van der Waals surface area (Å²) in [6.45, 7) is 3.07. The highest BCUT2D eigenvalue weighted by atomic mass is 16.3. The van der Waals surface area contributed by atoms with E-state index in [0.29, 0.717) is 5.92 Å². The van der Waals surface area contributed by atoms with Gasteiger partial charge in [0.25, 0.3) is 0 Å². The largest absolute Gasteiger partial charge is 0.378 e. The van der Waals surface area contributed by atoms with Gasteiger partial charge in [0, 0.05) is 0 Å². The van der Waals surface area contributed by atoms with Gasteiger partial charge in [0.1, 0.15) is 6.23 Å². The zero-order valence-electron chi connectivity index (χ0n) is 7.96. The summed E-state index contributed by atoms with van der Waals surface area (Å²) >= 11 is 0. The van der Waals surface area contributed by atoms with Gasteiger partial charge in [-0.25, -0.2) is 0 Å². The van der Waals surface area contributed by atoms with Crippen LogP contribution >= 0.6 is 0 Å². The Morgan fingerprint density at radius 3 is 2.36 bits per heavy atom. The van der Waals surface area contributed by atoms with E-state index in [1.807, 2.05) is 21.0 Å². The minimum Gasteiger partial charge on any atom is -0.378 e. The van der Waals surface area contributed by atoms with Crippen molar-refractivity contribution in [1.29, 1.82) is 0 Å². The molecule has 0 heterocycles. The molecule has 0 fully saturated rings. The predicted molar refractivity (Wildman–Crippen MR) is 47.4 cm³/mol. The summed E-state index contributed by atoms with van der Waals surface area (Å²) in [6, 6.07) is 0. The highest BCUT2D eigenvalue weighted by Gasteiger charge is 2.10. The maximum Gasteiger partial charge on any atom is 0.107 e. The third-order valence-corrected chi connectivity index (χ3v) is 1.87. The minimum absolute atomic E-state index is 0.322. The second-order valence-electron chi connectivity index (χ2n) is 3.30. The van der Waals surface area contributed by atoms with E-state index >= 15 is 0 Å². The van der Waals surface area contributed by atoms with E-state index in [1.165, 1.54) is 0 Å². The van der Waals surface area contributed by atoms with E-state index < -0.39 is 0 Å². The zero-order valence-corrected chi connectivity index (χ0v) is 7.96. The van der Waals surface area contributed by atoms with Gasteiger partial charge in [-0.3, -0.25) is 5.32 Å². The lowest BCUT2D eigenvalue weighted by atomic mass is 10.1. The highest BCUT2D eigenvalue weighted by molar-refractivity contribution is 4.61. The van der Waals surface area contributed by atoms with Crippen LogP contribution < -0.4 is 5.32 Å². The molecule has 0 saturated heterocycles. The Labute approximate surface area is 69.4 Å². The molecule has 0 aliphatic carbocycles. The second kappa shape index (κ2) is 5.52. The van der Waals surface area contributed by atoms with E-state index in [-0.39, 0.29) is 6.23 Å². The molecule has 0 spiro atoms. The van der Waals surface area contributed by atoms with Crippen LogP contribution in [-0.4, -0.2) is 43.9 Å². The third-order valence-electron chi connectivity index (χ3n) is 1.87. The first kappa shape index (κ1) is 10.9. The smallest absolute Gasteiger partial charge is 0.107 e. The highest BCUT2D eigenvalue weighted by Crippen LogP contribution is 2.05. The van der Waals surface area contributed by atoms with E-state index in [9.17, 15) is 5.11 Å². The monoisotopic (exact) mass is 160 g/mol. The standard InChI is InChI=1S/C8H20N2O/c1-7(8(11)9-2)5-6-10(3)4/h7-9,11H,5-6H2,1-4H3. The van der Waals surface area contributed by atoms with E-state index in [4.69, 9.17) is 0 Å². The maximum atomic E-state index is 9.31. The van der Waals surface area contributed by atoms with Crippen molar-refractivity contribution < 1.29 is 5.11 Å². The van der Waals surface area contributed by atoms with Gasteiger partial charge in [-0.1, -0.05) is 6.92 Å². The Hall–Kier alpha value is -0.120. The van der Waals surface area contributed by atoms with Crippen LogP contribution in [0.1, 0.15) is 13.3 Å². The Morgan fingerprint density at radius 1 is 1.45 bits per heavy atom. The van der Waals surface area contributed by atoms with Crippen molar-refractivity contribution in [3.63, 3.8) is 0 Å². The van der Waals surface area contributed by atoms with Gasteiger partial charge in [0.15, 0.2) is 0 Å². The summed E-state index contributed by atoms with van der Waals surface area (Å²) in [7, 11) is 5.85. The fourth-order valence-corrected chi connectivity index (χ4v) is 0.904. The first-order valence-electron chi connectivity index (χ1n) is 4.08. The summed E-state index contributed by atoms with van der Waals surface area (Å²) in [5, 5.41) is 12.1. The summed E-state index contributed by atoms with van der Waals surface area (Å²) in [4.78, 5) is 2.12. The number of hydrogen-bond acceptors (Lipinski definition) is 3. The molecule has 2 atom stereocenters. The molecule has 3 nitrogen and oxygen atoms in total. The Bertz CT molecular complexity index is 96.1. The number of rotatable bonds is 5. The van der Waals surface area contributed by atoms with Gasteiger partial charge in [0.05, 0.1) is 0 Å². The molecular formula is C8H20N2O. The number of nitrogens with one attached hydrogen (secondary N) is 1. The predicted octanol–water partition coefficient (Wildman–Crippen LogP) is 0.112. The molecule has 11 heavy (non-hydrogen) atoms. The molecule has 2 unspecified atom stereocenters. The van der Waals surface area contributed by atoms with Crippen LogP contribution in [0, 0.1) is 5.92 Å². The van der Waals surface area contributed by atoms with E-state index in [2.05, 4.69) is 10.2 Å². The van der Waals surface area contributed by atoms with Crippen molar-refractivity contribution in [2.45, 2.75) is 19.6 Å². The molecule has 0 aromatic rings. The lowest BCUT2D eigenvalue weighted by Crippen LogP contribution is -2.33. The fourth-order valence-electron chi connectivity index (χ4n) is 0.904. The van der Waals surface area contributed by atoms with Crippen molar-refractivity contribution in [3.05, 3.63) is 0 Å². The quantitative estimate of drug-likeness (QED) is 0.560. The van der Waals surface area contributed by atoms with Crippen molar-refractivity contribution in [2.75, 3.05) is 27.7 Å². The van der Waals surface area contributed by atoms with E-state index in [0.717, 1.165) is 13.0 Å². The molecule has 0 aromatic heterocycles. The lowest BCUT2D eigenvalue weighted by Gasteiger charge is -2.19. The lowest BCUT2D eigenvalue weighted by molar-refractivity contribution is 0.0827. The molecule has 0 aliphatic rings. The van der Waals surface area contributed by atoms with Crippen LogP contribution in [0.15, 0.2) is 0 Å². The van der Waals surface area contributed by atoms with Crippen LogP contribution in [0.25, 0.3) is 0 Å². The van der Waals surface area contributed by atoms with Crippen molar-refractivity contribution >= 4 is 0 Å². The molecule has 0 aromatic carbocycles. The van der Waals surface area contributed by atoms with E-state index in [1.54, 1.807) is 7.05 Å². The normalized spacial score (nSPS) is 16.9. The zero-order chi connectivity index (χ0) is 8.85. The Balaban J connectivity index is 3.43. The number of hydrogen-bond donors (Lipinski definition) is 2. The van der Waals surface area contributed by atoms with Crippen LogP contribution in [0.5, 0.6) is 0 Å². The number of aliphatic hydroxyl groups excluding tert-OH is 1. The molecular weight excluding hydrogens is 140 g/mol. The van der Waals surface area contributed by atoms with Crippen molar-refractivity contribution in [3.8, 4) is 0 Å². The fraction of sp³-hybridized carbons (Fsp3) is 1.00. The average molecular weight is 160 g/mol. The van der Waals surface area contributed by atoms with Crippen LogP contribution in [0.2, 0.25) is 0 Å². The Morgan fingerprint density at radius 2 is 2.00 bits per heavy atom. The first-order chi connectivity index (χ1) is 5.07. The minimum atomic E-state index is -0.366. The second-order valence-corrected chi connectivity index (χ2v) is 3.30.